The van der Waals surface area contributed by atoms with E-state index < -0.39 is 5.54 Å². The first-order valence-corrected chi connectivity index (χ1v) is 7.06. The number of carbonyl (C=O) groups excluding carboxylic acids is 2. The number of nitrogens with one attached hydrogen (secondary N) is 1. The van der Waals surface area contributed by atoms with E-state index >= 15 is 0 Å². The highest BCUT2D eigenvalue weighted by Crippen LogP contribution is 2.25. The molecule has 110 valence electrons. The second kappa shape index (κ2) is 4.87. The molecule has 2 aromatic heterocycles. The van der Waals surface area contributed by atoms with Gasteiger partial charge in [-0.05, 0) is 25.5 Å². The van der Waals surface area contributed by atoms with E-state index in [4.69, 9.17) is 0 Å². The molecule has 0 radical (unpaired) electrons. The predicted octanol–water partition coefficient (Wildman–Crippen LogP) is 0.961. The second-order valence-electron chi connectivity index (χ2n) is 5.49. The lowest BCUT2D eigenvalue weighted by Crippen LogP contribution is -2.65. The summed E-state index contributed by atoms with van der Waals surface area (Å²) in [5, 5.41) is 2.66. The normalized spacial score (nSPS) is 22.7. The van der Waals surface area contributed by atoms with Gasteiger partial charge in [0, 0.05) is 12.4 Å². The van der Waals surface area contributed by atoms with Crippen LogP contribution in [-0.4, -0.2) is 38.2 Å². The van der Waals surface area contributed by atoms with Gasteiger partial charge in [0.15, 0.2) is 0 Å². The van der Waals surface area contributed by atoms with E-state index in [1.165, 1.54) is 0 Å². The van der Waals surface area contributed by atoms with Gasteiger partial charge < -0.3 is 14.6 Å². The average Bonchev–Trinajstić information content (AvgIpc) is 2.90. The molecule has 1 aliphatic heterocycles. The van der Waals surface area contributed by atoms with Gasteiger partial charge in [0.05, 0.1) is 18.8 Å². The zero-order chi connectivity index (χ0) is 15.0. The molecule has 2 amide bonds. The van der Waals surface area contributed by atoms with Crippen LogP contribution in [0.25, 0.3) is 5.65 Å². The van der Waals surface area contributed by atoms with Gasteiger partial charge in [-0.1, -0.05) is 13.0 Å². The molecule has 1 atom stereocenters. The fourth-order valence-electron chi connectivity index (χ4n) is 2.68. The number of pyridine rings is 1. The Morgan fingerprint density at radius 1 is 1.38 bits per heavy atom. The lowest BCUT2D eigenvalue weighted by Gasteiger charge is -2.42. The number of aromatic nitrogens is 2. The zero-order valence-corrected chi connectivity index (χ0v) is 12.2. The molecule has 6 heteroatoms. The second-order valence-corrected chi connectivity index (χ2v) is 5.49. The van der Waals surface area contributed by atoms with Crippen molar-refractivity contribution in [2.24, 2.45) is 0 Å². The standard InChI is InChI=1S/C15H18N4O2/c1-3-15(2)14(21)16-8-13(20)19(15)10-11-9-18-7-5-4-6-12(18)17-11/h4-7,9H,3,8,10H2,1-2H3,(H,16,21). The van der Waals surface area contributed by atoms with E-state index in [1.54, 1.807) is 11.8 Å². The number of fused-ring (bicyclic) bond motifs is 1. The van der Waals surface area contributed by atoms with Gasteiger partial charge >= 0.3 is 0 Å². The first kappa shape index (κ1) is 13.6. The highest BCUT2D eigenvalue weighted by atomic mass is 16.2. The van der Waals surface area contributed by atoms with Crippen LogP contribution in [0.4, 0.5) is 0 Å². The van der Waals surface area contributed by atoms with Gasteiger partial charge in [0.25, 0.3) is 0 Å². The van der Waals surface area contributed by atoms with Crippen molar-refractivity contribution in [2.75, 3.05) is 6.54 Å². The molecule has 1 unspecified atom stereocenters. The number of carbonyl (C=O) groups is 2. The third kappa shape index (κ3) is 2.16. The minimum absolute atomic E-state index is 0.0573. The number of imidazole rings is 1. The smallest absolute Gasteiger partial charge is 0.246 e. The van der Waals surface area contributed by atoms with Gasteiger partial charge in [0.1, 0.15) is 11.2 Å². The molecule has 2 aromatic rings. The van der Waals surface area contributed by atoms with E-state index in [-0.39, 0.29) is 18.4 Å². The zero-order valence-electron chi connectivity index (χ0n) is 12.2. The molecule has 0 aromatic carbocycles. The van der Waals surface area contributed by atoms with Gasteiger partial charge in [-0.3, -0.25) is 9.59 Å². The maximum Gasteiger partial charge on any atom is 0.246 e. The molecule has 1 fully saturated rings. The van der Waals surface area contributed by atoms with Crippen LogP contribution in [0.1, 0.15) is 26.0 Å². The summed E-state index contributed by atoms with van der Waals surface area (Å²) in [6, 6.07) is 5.75. The summed E-state index contributed by atoms with van der Waals surface area (Å²) in [6.07, 6.45) is 4.37. The fourth-order valence-corrected chi connectivity index (χ4v) is 2.68. The van der Waals surface area contributed by atoms with Gasteiger partial charge in [0.2, 0.25) is 11.8 Å². The van der Waals surface area contributed by atoms with E-state index in [1.807, 2.05) is 41.9 Å². The Hall–Kier alpha value is -2.37. The third-order valence-corrected chi connectivity index (χ3v) is 4.21. The maximum absolute atomic E-state index is 12.2. The van der Waals surface area contributed by atoms with Crippen molar-refractivity contribution in [1.29, 1.82) is 0 Å². The molecule has 1 aliphatic rings. The number of piperazine rings is 1. The van der Waals surface area contributed by atoms with Gasteiger partial charge in [-0.15, -0.1) is 0 Å². The van der Waals surface area contributed by atoms with Gasteiger partial charge in [-0.2, -0.15) is 0 Å². The average molecular weight is 286 g/mol. The Bertz CT molecular complexity index is 676. The Balaban J connectivity index is 1.93. The highest BCUT2D eigenvalue weighted by molar-refractivity contribution is 5.97. The summed E-state index contributed by atoms with van der Waals surface area (Å²) in [4.78, 5) is 30.5. The van der Waals surface area contributed by atoms with Crippen LogP contribution in [0.5, 0.6) is 0 Å². The maximum atomic E-state index is 12.2. The van der Waals surface area contributed by atoms with Crippen LogP contribution >= 0.6 is 0 Å². The molecule has 3 heterocycles. The highest BCUT2D eigenvalue weighted by Gasteiger charge is 2.44. The van der Waals surface area contributed by atoms with Crippen LogP contribution in [0, 0.1) is 0 Å². The molecule has 3 rings (SSSR count). The Morgan fingerprint density at radius 3 is 2.90 bits per heavy atom. The Morgan fingerprint density at radius 2 is 2.19 bits per heavy atom. The summed E-state index contributed by atoms with van der Waals surface area (Å²) >= 11 is 0. The van der Waals surface area contributed by atoms with Crippen molar-refractivity contribution in [1.82, 2.24) is 19.6 Å². The lowest BCUT2D eigenvalue weighted by atomic mass is 9.92. The molecular formula is C15H18N4O2. The van der Waals surface area contributed by atoms with Crippen molar-refractivity contribution in [3.63, 3.8) is 0 Å². The van der Waals surface area contributed by atoms with Crippen LogP contribution in [0.3, 0.4) is 0 Å². The molecule has 21 heavy (non-hydrogen) atoms. The van der Waals surface area contributed by atoms with Crippen molar-refractivity contribution >= 4 is 17.5 Å². The van der Waals surface area contributed by atoms with Crippen LogP contribution in [0.15, 0.2) is 30.6 Å². The predicted molar refractivity (Wildman–Crippen MR) is 77.4 cm³/mol. The quantitative estimate of drug-likeness (QED) is 0.914. The molecule has 0 aliphatic carbocycles. The van der Waals surface area contributed by atoms with Crippen molar-refractivity contribution in [3.8, 4) is 0 Å². The summed E-state index contributed by atoms with van der Waals surface area (Å²) in [7, 11) is 0. The number of amides is 2. The number of hydrogen-bond acceptors (Lipinski definition) is 3. The number of hydrogen-bond donors (Lipinski definition) is 1. The summed E-state index contributed by atoms with van der Waals surface area (Å²) in [5.41, 5.74) is 0.800. The van der Waals surface area contributed by atoms with Gasteiger partial charge in [-0.25, -0.2) is 4.98 Å². The van der Waals surface area contributed by atoms with E-state index in [2.05, 4.69) is 10.3 Å². The summed E-state index contributed by atoms with van der Waals surface area (Å²) in [5.74, 6) is -0.177. The Labute approximate surface area is 122 Å². The topological polar surface area (TPSA) is 66.7 Å². The molecular weight excluding hydrogens is 268 g/mol. The largest absolute Gasteiger partial charge is 0.345 e. The van der Waals surface area contributed by atoms with E-state index in [0.29, 0.717) is 13.0 Å². The number of rotatable bonds is 3. The molecule has 0 spiro atoms. The van der Waals surface area contributed by atoms with Crippen LogP contribution in [0.2, 0.25) is 0 Å². The van der Waals surface area contributed by atoms with E-state index in [0.717, 1.165) is 11.3 Å². The molecule has 6 nitrogen and oxygen atoms in total. The monoisotopic (exact) mass is 286 g/mol. The van der Waals surface area contributed by atoms with E-state index in [9.17, 15) is 9.59 Å². The first-order valence-electron chi connectivity index (χ1n) is 7.06. The van der Waals surface area contributed by atoms with Crippen LogP contribution in [-0.2, 0) is 16.1 Å². The molecule has 0 bridgehead atoms. The molecule has 1 N–H and O–H groups in total. The van der Waals surface area contributed by atoms with Crippen molar-refractivity contribution in [2.45, 2.75) is 32.4 Å². The lowest BCUT2D eigenvalue weighted by molar-refractivity contribution is -0.153. The first-order chi connectivity index (χ1) is 10.0. The molecule has 0 saturated carbocycles. The SMILES string of the molecule is CCC1(C)C(=O)NCC(=O)N1Cc1cn2ccccc2n1. The van der Waals surface area contributed by atoms with Crippen molar-refractivity contribution < 1.29 is 9.59 Å². The summed E-state index contributed by atoms with van der Waals surface area (Å²) in [6.45, 7) is 4.12. The minimum atomic E-state index is -0.814. The molecule has 1 saturated heterocycles. The fraction of sp³-hybridized carbons (Fsp3) is 0.400. The minimum Gasteiger partial charge on any atom is -0.345 e. The number of nitrogens with zero attached hydrogens (tertiary/aromatic N) is 3. The summed E-state index contributed by atoms with van der Waals surface area (Å²) < 4.78 is 1.91. The Kier molecular flexibility index (Phi) is 3.16. The van der Waals surface area contributed by atoms with Crippen LogP contribution < -0.4 is 5.32 Å². The third-order valence-electron chi connectivity index (χ3n) is 4.21. The van der Waals surface area contributed by atoms with Crippen molar-refractivity contribution in [3.05, 3.63) is 36.3 Å².